The van der Waals surface area contributed by atoms with Gasteiger partial charge in [0.05, 0.1) is 5.92 Å². The molecule has 9 heteroatoms. The summed E-state index contributed by atoms with van der Waals surface area (Å²) in [7, 11) is 0. The number of hydrogen-bond donors (Lipinski definition) is 2. The van der Waals surface area contributed by atoms with Gasteiger partial charge in [-0.1, -0.05) is 11.6 Å². The standard InChI is InChI=1S/C27H29ClN6O2/c1-18-15-24(32-27(29-18)33-13-3-2-4-14-33)30-21-7-9-22(10-8-21)31-26(36)19-16-25(35)34(17-19)23-11-5-20(28)6-12-23/h5-12,15,19H,2-4,13-14,16-17H2,1H3,(H,31,36)(H,29,30,32). The van der Waals surface area contributed by atoms with E-state index in [-0.39, 0.29) is 18.2 Å². The van der Waals surface area contributed by atoms with E-state index in [1.807, 2.05) is 37.3 Å². The number of aryl methyl sites for hydroxylation is 1. The molecule has 2 amide bonds. The van der Waals surface area contributed by atoms with E-state index in [0.717, 1.165) is 41.9 Å². The van der Waals surface area contributed by atoms with E-state index < -0.39 is 5.92 Å². The number of carbonyl (C=O) groups excluding carboxylic acids is 2. The van der Waals surface area contributed by atoms with Crippen molar-refractivity contribution in [1.82, 2.24) is 9.97 Å². The predicted octanol–water partition coefficient (Wildman–Crippen LogP) is 5.16. The van der Waals surface area contributed by atoms with Crippen LogP contribution >= 0.6 is 11.6 Å². The van der Waals surface area contributed by atoms with Crippen LogP contribution < -0.4 is 20.4 Å². The largest absolute Gasteiger partial charge is 0.341 e. The molecule has 0 radical (unpaired) electrons. The number of carbonyl (C=O) groups is 2. The lowest BCUT2D eigenvalue weighted by Gasteiger charge is -2.27. The topological polar surface area (TPSA) is 90.5 Å². The smallest absolute Gasteiger partial charge is 0.229 e. The minimum absolute atomic E-state index is 0.0684. The van der Waals surface area contributed by atoms with Crippen molar-refractivity contribution >= 4 is 52.2 Å². The van der Waals surface area contributed by atoms with Crippen LogP contribution in [0.15, 0.2) is 54.6 Å². The monoisotopic (exact) mass is 504 g/mol. The Bertz CT molecular complexity index is 1240. The molecule has 2 fully saturated rings. The van der Waals surface area contributed by atoms with Crippen molar-refractivity contribution in [2.45, 2.75) is 32.6 Å². The van der Waals surface area contributed by atoms with Crippen LogP contribution in [0.1, 0.15) is 31.4 Å². The van der Waals surface area contributed by atoms with Gasteiger partial charge in [0, 0.05) is 59.9 Å². The van der Waals surface area contributed by atoms with E-state index in [1.165, 1.54) is 19.3 Å². The first kappa shape index (κ1) is 24.1. The summed E-state index contributed by atoms with van der Waals surface area (Å²) in [6.45, 7) is 4.29. The Morgan fingerprint density at radius 2 is 1.67 bits per heavy atom. The molecule has 1 atom stereocenters. The maximum absolute atomic E-state index is 12.8. The predicted molar refractivity (Wildman–Crippen MR) is 143 cm³/mol. The molecule has 0 spiro atoms. The van der Waals surface area contributed by atoms with Crippen LogP contribution in [0.2, 0.25) is 5.02 Å². The zero-order valence-corrected chi connectivity index (χ0v) is 21.0. The van der Waals surface area contributed by atoms with Gasteiger partial charge in [-0.05, 0) is 74.7 Å². The summed E-state index contributed by atoms with van der Waals surface area (Å²) < 4.78 is 0. The molecular formula is C27H29ClN6O2. The second-order valence-electron chi connectivity index (χ2n) is 9.32. The maximum Gasteiger partial charge on any atom is 0.229 e. The van der Waals surface area contributed by atoms with Crippen LogP contribution in [0.4, 0.5) is 28.8 Å². The molecule has 1 unspecified atom stereocenters. The summed E-state index contributed by atoms with van der Waals surface area (Å²) in [5.74, 6) is 0.855. The number of amides is 2. The van der Waals surface area contributed by atoms with Crippen LogP contribution in [0.25, 0.3) is 0 Å². The summed E-state index contributed by atoms with van der Waals surface area (Å²) in [6.07, 6.45) is 3.78. The highest BCUT2D eigenvalue weighted by Gasteiger charge is 2.35. The molecule has 1 aromatic heterocycles. The average molecular weight is 505 g/mol. The van der Waals surface area contributed by atoms with Gasteiger partial charge in [-0.3, -0.25) is 9.59 Å². The highest BCUT2D eigenvalue weighted by atomic mass is 35.5. The first-order chi connectivity index (χ1) is 17.4. The number of rotatable bonds is 6. The minimum Gasteiger partial charge on any atom is -0.341 e. The molecule has 3 heterocycles. The number of anilines is 5. The molecule has 2 N–H and O–H groups in total. The third kappa shape index (κ3) is 5.60. The van der Waals surface area contributed by atoms with Crippen molar-refractivity contribution in [3.8, 4) is 0 Å². The summed E-state index contributed by atoms with van der Waals surface area (Å²) in [5.41, 5.74) is 3.20. The first-order valence-corrected chi connectivity index (χ1v) is 12.7. The van der Waals surface area contributed by atoms with E-state index in [9.17, 15) is 9.59 Å². The fourth-order valence-corrected chi connectivity index (χ4v) is 4.76. The van der Waals surface area contributed by atoms with E-state index in [4.69, 9.17) is 16.6 Å². The number of piperidine rings is 1. The van der Waals surface area contributed by atoms with E-state index in [0.29, 0.717) is 17.3 Å². The molecule has 0 saturated carbocycles. The fraction of sp³-hybridized carbons (Fsp3) is 0.333. The van der Waals surface area contributed by atoms with Crippen LogP contribution in [0.5, 0.6) is 0 Å². The molecule has 36 heavy (non-hydrogen) atoms. The Kier molecular flexibility index (Phi) is 7.04. The third-order valence-corrected chi connectivity index (χ3v) is 6.79. The van der Waals surface area contributed by atoms with E-state index in [2.05, 4.69) is 20.5 Å². The third-order valence-electron chi connectivity index (χ3n) is 6.54. The van der Waals surface area contributed by atoms with Crippen LogP contribution in [0.3, 0.4) is 0 Å². The number of nitrogens with one attached hydrogen (secondary N) is 2. The van der Waals surface area contributed by atoms with Gasteiger partial charge in [0.25, 0.3) is 0 Å². The number of halogens is 1. The van der Waals surface area contributed by atoms with E-state index in [1.54, 1.807) is 29.2 Å². The number of nitrogens with zero attached hydrogens (tertiary/aromatic N) is 4. The van der Waals surface area contributed by atoms with Gasteiger partial charge in [0.2, 0.25) is 17.8 Å². The molecule has 0 aliphatic carbocycles. The van der Waals surface area contributed by atoms with Crippen molar-refractivity contribution in [2.75, 3.05) is 40.1 Å². The van der Waals surface area contributed by atoms with Gasteiger partial charge >= 0.3 is 0 Å². The second-order valence-corrected chi connectivity index (χ2v) is 9.75. The normalized spacial score (nSPS) is 17.8. The van der Waals surface area contributed by atoms with Gasteiger partial charge in [0.1, 0.15) is 5.82 Å². The molecule has 8 nitrogen and oxygen atoms in total. The van der Waals surface area contributed by atoms with Gasteiger partial charge in [-0.25, -0.2) is 4.98 Å². The number of aromatic nitrogens is 2. The molecule has 2 aromatic carbocycles. The quantitative estimate of drug-likeness (QED) is 0.481. The Balaban J connectivity index is 1.20. The zero-order valence-electron chi connectivity index (χ0n) is 20.2. The SMILES string of the molecule is Cc1cc(Nc2ccc(NC(=O)C3CC(=O)N(c4ccc(Cl)cc4)C3)cc2)nc(N2CCCCC2)n1. The lowest BCUT2D eigenvalue weighted by atomic mass is 10.1. The molecule has 2 aliphatic rings. The maximum atomic E-state index is 12.8. The molecule has 186 valence electrons. The van der Waals surface area contributed by atoms with Gasteiger partial charge < -0.3 is 20.4 Å². The Morgan fingerprint density at radius 1 is 0.972 bits per heavy atom. The molecule has 3 aromatic rings. The molecular weight excluding hydrogens is 476 g/mol. The van der Waals surface area contributed by atoms with E-state index >= 15 is 0 Å². The average Bonchev–Trinajstić information content (AvgIpc) is 3.27. The van der Waals surface area contributed by atoms with Gasteiger partial charge in [0.15, 0.2) is 0 Å². The highest BCUT2D eigenvalue weighted by Crippen LogP contribution is 2.28. The number of hydrogen-bond acceptors (Lipinski definition) is 6. The Morgan fingerprint density at radius 3 is 2.39 bits per heavy atom. The first-order valence-electron chi connectivity index (χ1n) is 12.3. The summed E-state index contributed by atoms with van der Waals surface area (Å²) in [5, 5.41) is 6.89. The van der Waals surface area contributed by atoms with Crippen molar-refractivity contribution in [2.24, 2.45) is 5.92 Å². The summed E-state index contributed by atoms with van der Waals surface area (Å²) >= 11 is 5.95. The highest BCUT2D eigenvalue weighted by molar-refractivity contribution is 6.30. The summed E-state index contributed by atoms with van der Waals surface area (Å²) in [6, 6.07) is 16.5. The van der Waals surface area contributed by atoms with Crippen molar-refractivity contribution in [1.29, 1.82) is 0 Å². The van der Waals surface area contributed by atoms with Crippen LogP contribution in [0, 0.1) is 12.8 Å². The molecule has 5 rings (SSSR count). The number of benzene rings is 2. The second kappa shape index (κ2) is 10.5. The van der Waals surface area contributed by atoms with Gasteiger partial charge in [-0.2, -0.15) is 4.98 Å². The Labute approximate surface area is 215 Å². The molecule has 2 saturated heterocycles. The lowest BCUT2D eigenvalue weighted by molar-refractivity contribution is -0.122. The minimum atomic E-state index is -0.414. The van der Waals surface area contributed by atoms with Crippen molar-refractivity contribution in [3.05, 3.63) is 65.3 Å². The van der Waals surface area contributed by atoms with Crippen LogP contribution in [-0.2, 0) is 9.59 Å². The zero-order chi connectivity index (χ0) is 25.1. The lowest BCUT2D eigenvalue weighted by Crippen LogP contribution is -2.31. The van der Waals surface area contributed by atoms with Gasteiger partial charge in [-0.15, -0.1) is 0 Å². The fourth-order valence-electron chi connectivity index (χ4n) is 4.64. The van der Waals surface area contributed by atoms with Crippen LogP contribution in [-0.4, -0.2) is 41.4 Å². The van der Waals surface area contributed by atoms with Crippen molar-refractivity contribution in [3.63, 3.8) is 0 Å². The molecule has 2 aliphatic heterocycles. The Hall–Kier alpha value is -3.65. The summed E-state index contributed by atoms with van der Waals surface area (Å²) in [4.78, 5) is 38.5. The molecule has 0 bridgehead atoms. The van der Waals surface area contributed by atoms with Crippen molar-refractivity contribution < 1.29 is 9.59 Å².